The second kappa shape index (κ2) is 3.54. The van der Waals surface area contributed by atoms with Crippen LogP contribution in [-0.2, 0) is 0 Å². The molecular weight excluding hydrogens is 226 g/mol. The summed E-state index contributed by atoms with van der Waals surface area (Å²) in [5.41, 5.74) is 2.73. The molecule has 2 rings (SSSR count). The van der Waals surface area contributed by atoms with Crippen molar-refractivity contribution in [3.8, 4) is 0 Å². The molecule has 0 amide bonds. The van der Waals surface area contributed by atoms with E-state index < -0.39 is 0 Å². The van der Waals surface area contributed by atoms with Crippen molar-refractivity contribution in [3.05, 3.63) is 46.1 Å². The summed E-state index contributed by atoms with van der Waals surface area (Å²) in [7, 11) is 0. The van der Waals surface area contributed by atoms with E-state index in [1.807, 2.05) is 6.20 Å². The molecule has 0 fully saturated rings. The lowest BCUT2D eigenvalue weighted by Gasteiger charge is -2.15. The molecule has 0 saturated heterocycles. The van der Waals surface area contributed by atoms with Crippen LogP contribution in [0.25, 0.3) is 0 Å². The number of benzene rings is 1. The summed E-state index contributed by atoms with van der Waals surface area (Å²) < 4.78 is 1.19. The quantitative estimate of drug-likeness (QED) is 0.791. The molecule has 0 radical (unpaired) electrons. The molecule has 1 nitrogen and oxygen atoms in total. The molecule has 13 heavy (non-hydrogen) atoms. The molecule has 1 aliphatic rings. The fraction of sp³-hybridized carbons (Fsp3) is 0.273. The normalized spacial score (nSPS) is 20.3. The molecule has 1 N–H and O–H groups in total. The first-order valence-electron chi connectivity index (χ1n) is 4.45. The minimum Gasteiger partial charge on any atom is -0.384 e. The van der Waals surface area contributed by atoms with Gasteiger partial charge in [-0.05, 0) is 36.7 Å². The average Bonchev–Trinajstić information content (AvgIpc) is 2.62. The number of nitrogens with one attached hydrogen (secondary N) is 1. The zero-order valence-corrected chi connectivity index (χ0v) is 9.14. The van der Waals surface area contributed by atoms with E-state index in [1.54, 1.807) is 0 Å². The third kappa shape index (κ3) is 1.63. The molecule has 2 heteroatoms. The molecule has 1 unspecified atom stereocenters. The van der Waals surface area contributed by atoms with Gasteiger partial charge >= 0.3 is 0 Å². The first-order valence-corrected chi connectivity index (χ1v) is 5.24. The van der Waals surface area contributed by atoms with Crippen LogP contribution in [0, 0.1) is 6.92 Å². The van der Waals surface area contributed by atoms with Gasteiger partial charge < -0.3 is 5.32 Å². The first kappa shape index (κ1) is 8.82. The summed E-state index contributed by atoms with van der Waals surface area (Å²) in [6, 6.07) is 6.83. The molecule has 1 aromatic carbocycles. The molecular formula is C11H12BrN. The fourth-order valence-electron chi connectivity index (χ4n) is 1.67. The molecule has 0 saturated carbocycles. The van der Waals surface area contributed by atoms with Crippen LogP contribution in [0.1, 0.15) is 23.6 Å². The predicted molar refractivity (Wildman–Crippen MR) is 58.5 cm³/mol. The van der Waals surface area contributed by atoms with Crippen molar-refractivity contribution < 1.29 is 0 Å². The zero-order valence-electron chi connectivity index (χ0n) is 7.55. The monoisotopic (exact) mass is 237 g/mol. The highest BCUT2D eigenvalue weighted by Crippen LogP contribution is 2.28. The van der Waals surface area contributed by atoms with Crippen molar-refractivity contribution in [2.24, 2.45) is 0 Å². The van der Waals surface area contributed by atoms with Crippen LogP contribution in [0.15, 0.2) is 34.9 Å². The molecule has 1 heterocycles. The van der Waals surface area contributed by atoms with Gasteiger partial charge in [0.05, 0.1) is 6.04 Å². The average molecular weight is 238 g/mol. The summed E-state index contributed by atoms with van der Waals surface area (Å²) in [6.45, 7) is 2.15. The topological polar surface area (TPSA) is 12.0 Å². The van der Waals surface area contributed by atoms with E-state index in [4.69, 9.17) is 0 Å². The van der Waals surface area contributed by atoms with Crippen molar-refractivity contribution in [2.45, 2.75) is 19.4 Å². The summed E-state index contributed by atoms with van der Waals surface area (Å²) in [6.07, 6.45) is 5.30. The number of hydrogen-bond acceptors (Lipinski definition) is 1. The molecule has 1 atom stereocenters. The zero-order chi connectivity index (χ0) is 9.26. The highest BCUT2D eigenvalue weighted by atomic mass is 79.9. The van der Waals surface area contributed by atoms with E-state index in [9.17, 15) is 0 Å². The highest BCUT2D eigenvalue weighted by molar-refractivity contribution is 9.10. The lowest BCUT2D eigenvalue weighted by atomic mass is 10.0. The van der Waals surface area contributed by atoms with Crippen LogP contribution >= 0.6 is 15.9 Å². The van der Waals surface area contributed by atoms with E-state index in [-0.39, 0.29) is 0 Å². The summed E-state index contributed by atoms with van der Waals surface area (Å²) in [4.78, 5) is 0. The Balaban J connectivity index is 2.34. The van der Waals surface area contributed by atoms with Gasteiger partial charge in [-0.1, -0.05) is 34.1 Å². The van der Waals surface area contributed by atoms with Crippen LogP contribution < -0.4 is 5.32 Å². The lowest BCUT2D eigenvalue weighted by molar-refractivity contribution is 0.668. The Morgan fingerprint density at radius 1 is 1.46 bits per heavy atom. The fourth-order valence-corrected chi connectivity index (χ4v) is 2.06. The summed E-state index contributed by atoms with van der Waals surface area (Å²) >= 11 is 3.54. The molecule has 68 valence electrons. The van der Waals surface area contributed by atoms with Crippen molar-refractivity contribution >= 4 is 15.9 Å². The SMILES string of the molecule is Cc1c(Br)cccc1C1CC=CN1. The second-order valence-corrected chi connectivity index (χ2v) is 4.17. The van der Waals surface area contributed by atoms with E-state index in [2.05, 4.69) is 52.4 Å². The van der Waals surface area contributed by atoms with Crippen LogP contribution in [0.2, 0.25) is 0 Å². The van der Waals surface area contributed by atoms with Gasteiger partial charge in [-0.3, -0.25) is 0 Å². The molecule has 0 spiro atoms. The summed E-state index contributed by atoms with van der Waals surface area (Å²) in [5, 5.41) is 3.34. The van der Waals surface area contributed by atoms with Gasteiger partial charge in [0.2, 0.25) is 0 Å². The van der Waals surface area contributed by atoms with E-state index in [1.165, 1.54) is 15.6 Å². The lowest BCUT2D eigenvalue weighted by Crippen LogP contribution is -2.11. The maximum absolute atomic E-state index is 3.54. The molecule has 1 aromatic rings. The van der Waals surface area contributed by atoms with Gasteiger partial charge in [0.15, 0.2) is 0 Å². The number of halogens is 1. The Morgan fingerprint density at radius 3 is 3.00 bits per heavy atom. The minimum atomic E-state index is 0.470. The summed E-state index contributed by atoms with van der Waals surface area (Å²) in [5.74, 6) is 0. The largest absolute Gasteiger partial charge is 0.384 e. The molecule has 0 bridgehead atoms. The molecule has 0 aliphatic carbocycles. The Bertz CT molecular complexity index is 336. The Hall–Kier alpha value is -0.760. The van der Waals surface area contributed by atoms with E-state index >= 15 is 0 Å². The van der Waals surface area contributed by atoms with E-state index in [0.717, 1.165) is 6.42 Å². The predicted octanol–water partition coefficient (Wildman–Crippen LogP) is 3.31. The van der Waals surface area contributed by atoms with Crippen LogP contribution in [-0.4, -0.2) is 0 Å². The van der Waals surface area contributed by atoms with Gasteiger partial charge in [-0.2, -0.15) is 0 Å². The van der Waals surface area contributed by atoms with Crippen LogP contribution in [0.4, 0.5) is 0 Å². The number of rotatable bonds is 1. The van der Waals surface area contributed by atoms with Crippen LogP contribution in [0.5, 0.6) is 0 Å². The maximum atomic E-state index is 3.54. The van der Waals surface area contributed by atoms with Gasteiger partial charge in [0.1, 0.15) is 0 Å². The van der Waals surface area contributed by atoms with Gasteiger partial charge in [0, 0.05) is 4.47 Å². The molecule has 0 aromatic heterocycles. The van der Waals surface area contributed by atoms with Crippen molar-refractivity contribution in [1.82, 2.24) is 5.32 Å². The second-order valence-electron chi connectivity index (χ2n) is 3.31. The Kier molecular flexibility index (Phi) is 2.40. The van der Waals surface area contributed by atoms with E-state index in [0.29, 0.717) is 6.04 Å². The molecule has 1 aliphatic heterocycles. The third-order valence-electron chi connectivity index (χ3n) is 2.47. The Morgan fingerprint density at radius 2 is 2.31 bits per heavy atom. The maximum Gasteiger partial charge on any atom is 0.0546 e. The van der Waals surface area contributed by atoms with Gasteiger partial charge in [0.25, 0.3) is 0 Å². The minimum absolute atomic E-state index is 0.470. The van der Waals surface area contributed by atoms with Crippen LogP contribution in [0.3, 0.4) is 0 Å². The van der Waals surface area contributed by atoms with Crippen molar-refractivity contribution in [3.63, 3.8) is 0 Å². The standard InChI is InChI=1S/C11H12BrN/c1-8-9(4-2-5-10(8)12)11-6-3-7-13-11/h2-5,7,11,13H,6H2,1H3. The van der Waals surface area contributed by atoms with Gasteiger partial charge in [-0.15, -0.1) is 0 Å². The first-order chi connectivity index (χ1) is 6.29. The number of hydrogen-bond donors (Lipinski definition) is 1. The Labute approximate surface area is 87.0 Å². The van der Waals surface area contributed by atoms with Gasteiger partial charge in [-0.25, -0.2) is 0 Å². The van der Waals surface area contributed by atoms with Crippen molar-refractivity contribution in [1.29, 1.82) is 0 Å². The van der Waals surface area contributed by atoms with Crippen molar-refractivity contribution in [2.75, 3.05) is 0 Å². The third-order valence-corrected chi connectivity index (χ3v) is 3.33. The highest BCUT2D eigenvalue weighted by Gasteiger charge is 2.14. The smallest absolute Gasteiger partial charge is 0.0546 e.